The molecule has 3 rings (SSSR count). The SMILES string of the molecule is CC(NC(=O)Nc1ccc(N2CCOCC2)nc1)C1CCCO1. The fourth-order valence-corrected chi connectivity index (χ4v) is 2.90. The molecule has 2 fully saturated rings. The monoisotopic (exact) mass is 320 g/mol. The van der Waals surface area contributed by atoms with E-state index in [2.05, 4.69) is 20.5 Å². The Morgan fingerprint density at radius 3 is 2.83 bits per heavy atom. The molecule has 2 aliphatic rings. The number of hydrogen-bond acceptors (Lipinski definition) is 5. The van der Waals surface area contributed by atoms with Gasteiger partial charge in [0.1, 0.15) is 5.82 Å². The van der Waals surface area contributed by atoms with Gasteiger partial charge in [-0.1, -0.05) is 0 Å². The van der Waals surface area contributed by atoms with Crippen molar-refractivity contribution in [2.75, 3.05) is 43.1 Å². The molecule has 2 saturated heterocycles. The third-order valence-corrected chi connectivity index (χ3v) is 4.22. The minimum atomic E-state index is -0.228. The summed E-state index contributed by atoms with van der Waals surface area (Å²) in [4.78, 5) is 18.6. The quantitative estimate of drug-likeness (QED) is 0.881. The molecule has 2 unspecified atom stereocenters. The van der Waals surface area contributed by atoms with Crippen LogP contribution in [0.5, 0.6) is 0 Å². The van der Waals surface area contributed by atoms with Crippen LogP contribution in [0.1, 0.15) is 19.8 Å². The van der Waals surface area contributed by atoms with E-state index in [0.29, 0.717) is 5.69 Å². The molecule has 3 heterocycles. The first-order valence-corrected chi connectivity index (χ1v) is 8.20. The van der Waals surface area contributed by atoms with Crippen LogP contribution in [0.2, 0.25) is 0 Å². The predicted molar refractivity (Wildman–Crippen MR) is 87.9 cm³/mol. The maximum Gasteiger partial charge on any atom is 0.319 e. The van der Waals surface area contributed by atoms with Gasteiger partial charge in [0.15, 0.2) is 0 Å². The van der Waals surface area contributed by atoms with Crippen LogP contribution < -0.4 is 15.5 Å². The fraction of sp³-hybridized carbons (Fsp3) is 0.625. The van der Waals surface area contributed by atoms with Crippen molar-refractivity contribution >= 4 is 17.5 Å². The number of carbonyl (C=O) groups is 1. The highest BCUT2D eigenvalue weighted by molar-refractivity contribution is 5.89. The van der Waals surface area contributed by atoms with E-state index in [0.717, 1.165) is 51.6 Å². The number of rotatable bonds is 4. The van der Waals surface area contributed by atoms with Crippen LogP contribution in [0.3, 0.4) is 0 Å². The van der Waals surface area contributed by atoms with Crippen molar-refractivity contribution in [3.63, 3.8) is 0 Å². The zero-order valence-corrected chi connectivity index (χ0v) is 13.5. The van der Waals surface area contributed by atoms with Crippen molar-refractivity contribution in [3.8, 4) is 0 Å². The zero-order chi connectivity index (χ0) is 16.1. The van der Waals surface area contributed by atoms with Gasteiger partial charge in [-0.2, -0.15) is 0 Å². The molecule has 0 saturated carbocycles. The molecule has 0 spiro atoms. The maximum absolute atomic E-state index is 12.0. The van der Waals surface area contributed by atoms with E-state index in [9.17, 15) is 4.79 Å². The van der Waals surface area contributed by atoms with Gasteiger partial charge in [-0.25, -0.2) is 9.78 Å². The highest BCUT2D eigenvalue weighted by atomic mass is 16.5. The third kappa shape index (κ3) is 4.33. The predicted octanol–water partition coefficient (Wildman–Crippen LogP) is 1.61. The summed E-state index contributed by atoms with van der Waals surface area (Å²) in [6, 6.07) is 3.56. The summed E-state index contributed by atoms with van der Waals surface area (Å²) in [7, 11) is 0. The lowest BCUT2D eigenvalue weighted by molar-refractivity contribution is 0.0868. The lowest BCUT2D eigenvalue weighted by atomic mass is 10.1. The standard InChI is InChI=1S/C16H24N4O3/c1-12(14-3-2-8-23-14)18-16(21)19-13-4-5-15(17-11-13)20-6-9-22-10-7-20/h4-5,11-12,14H,2-3,6-10H2,1H3,(H2,18,19,21). The number of urea groups is 1. The number of amides is 2. The van der Waals surface area contributed by atoms with Gasteiger partial charge in [0.25, 0.3) is 0 Å². The van der Waals surface area contributed by atoms with Crippen LogP contribution in [0, 0.1) is 0 Å². The molecule has 7 nitrogen and oxygen atoms in total. The highest BCUT2D eigenvalue weighted by Crippen LogP contribution is 2.17. The van der Waals surface area contributed by atoms with Crippen molar-refractivity contribution in [2.45, 2.75) is 31.9 Å². The van der Waals surface area contributed by atoms with Crippen LogP contribution in [0.25, 0.3) is 0 Å². The Kier molecular flexibility index (Phi) is 5.30. The van der Waals surface area contributed by atoms with Gasteiger partial charge in [-0.05, 0) is 31.9 Å². The van der Waals surface area contributed by atoms with Crippen LogP contribution in [0.15, 0.2) is 18.3 Å². The van der Waals surface area contributed by atoms with E-state index < -0.39 is 0 Å². The number of ether oxygens (including phenoxy) is 2. The van der Waals surface area contributed by atoms with E-state index in [1.165, 1.54) is 0 Å². The Morgan fingerprint density at radius 1 is 1.35 bits per heavy atom. The molecule has 0 bridgehead atoms. The van der Waals surface area contributed by atoms with E-state index in [1.54, 1.807) is 6.20 Å². The molecule has 2 N–H and O–H groups in total. The van der Waals surface area contributed by atoms with Gasteiger partial charge in [0.2, 0.25) is 0 Å². The Morgan fingerprint density at radius 2 is 2.17 bits per heavy atom. The summed E-state index contributed by atoms with van der Waals surface area (Å²) in [5.41, 5.74) is 0.680. The molecule has 23 heavy (non-hydrogen) atoms. The number of carbonyl (C=O) groups excluding carboxylic acids is 1. The second kappa shape index (κ2) is 7.61. The van der Waals surface area contributed by atoms with Gasteiger partial charge in [0.05, 0.1) is 37.2 Å². The summed E-state index contributed by atoms with van der Waals surface area (Å²) in [6.07, 6.45) is 3.85. The second-order valence-electron chi connectivity index (χ2n) is 5.94. The fourth-order valence-electron chi connectivity index (χ4n) is 2.90. The number of anilines is 2. The smallest absolute Gasteiger partial charge is 0.319 e. The Hall–Kier alpha value is -1.86. The van der Waals surface area contributed by atoms with E-state index in [-0.39, 0.29) is 18.2 Å². The van der Waals surface area contributed by atoms with Crippen molar-refractivity contribution in [3.05, 3.63) is 18.3 Å². The number of morpholine rings is 1. The molecular weight excluding hydrogens is 296 g/mol. The minimum absolute atomic E-state index is 0.00178. The molecule has 0 aliphatic carbocycles. The summed E-state index contributed by atoms with van der Waals surface area (Å²) >= 11 is 0. The highest BCUT2D eigenvalue weighted by Gasteiger charge is 2.23. The third-order valence-electron chi connectivity index (χ3n) is 4.22. The lowest BCUT2D eigenvalue weighted by Gasteiger charge is -2.27. The van der Waals surface area contributed by atoms with Crippen molar-refractivity contribution in [1.29, 1.82) is 0 Å². The first kappa shape index (κ1) is 16.0. The van der Waals surface area contributed by atoms with Crippen LogP contribution in [0.4, 0.5) is 16.3 Å². The van der Waals surface area contributed by atoms with E-state index in [1.807, 2.05) is 19.1 Å². The van der Waals surface area contributed by atoms with Crippen molar-refractivity contribution < 1.29 is 14.3 Å². The first-order valence-electron chi connectivity index (χ1n) is 8.20. The zero-order valence-electron chi connectivity index (χ0n) is 13.5. The molecule has 0 radical (unpaired) electrons. The van der Waals surface area contributed by atoms with Gasteiger partial charge in [-0.3, -0.25) is 0 Å². The molecule has 1 aromatic rings. The van der Waals surface area contributed by atoms with Crippen LogP contribution in [-0.2, 0) is 9.47 Å². The largest absolute Gasteiger partial charge is 0.378 e. The summed E-state index contributed by atoms with van der Waals surface area (Å²) in [6.45, 7) is 5.90. The van der Waals surface area contributed by atoms with E-state index in [4.69, 9.17) is 9.47 Å². The van der Waals surface area contributed by atoms with Crippen LogP contribution in [-0.4, -0.2) is 56.1 Å². The van der Waals surface area contributed by atoms with Gasteiger partial charge in [0, 0.05) is 19.7 Å². The molecule has 2 amide bonds. The Bertz CT molecular complexity index is 511. The second-order valence-corrected chi connectivity index (χ2v) is 5.94. The van der Waals surface area contributed by atoms with Gasteiger partial charge < -0.3 is 25.0 Å². The molecule has 2 atom stereocenters. The topological polar surface area (TPSA) is 75.7 Å². The maximum atomic E-state index is 12.0. The van der Waals surface area contributed by atoms with Crippen LogP contribution >= 0.6 is 0 Å². The number of pyridine rings is 1. The number of nitrogens with zero attached hydrogens (tertiary/aromatic N) is 2. The summed E-state index contributed by atoms with van der Waals surface area (Å²) in [5, 5.41) is 5.73. The Labute approximate surface area is 136 Å². The lowest BCUT2D eigenvalue weighted by Crippen LogP contribution is -2.43. The molecule has 126 valence electrons. The molecule has 7 heteroatoms. The molecule has 0 aromatic carbocycles. The average molecular weight is 320 g/mol. The normalized spacial score (nSPS) is 22.7. The van der Waals surface area contributed by atoms with E-state index >= 15 is 0 Å². The molecular formula is C16H24N4O3. The summed E-state index contributed by atoms with van der Waals surface area (Å²) < 4.78 is 10.9. The summed E-state index contributed by atoms with van der Waals surface area (Å²) in [5.74, 6) is 0.909. The number of hydrogen-bond donors (Lipinski definition) is 2. The van der Waals surface area contributed by atoms with Crippen molar-refractivity contribution in [1.82, 2.24) is 10.3 Å². The molecule has 2 aliphatic heterocycles. The average Bonchev–Trinajstić information content (AvgIpc) is 3.11. The molecule has 1 aromatic heterocycles. The van der Waals surface area contributed by atoms with Gasteiger partial charge >= 0.3 is 6.03 Å². The first-order chi connectivity index (χ1) is 11.2. The minimum Gasteiger partial charge on any atom is -0.378 e. The van der Waals surface area contributed by atoms with Gasteiger partial charge in [-0.15, -0.1) is 0 Å². The number of aromatic nitrogens is 1. The number of nitrogens with one attached hydrogen (secondary N) is 2. The Balaban J connectivity index is 1.50. The van der Waals surface area contributed by atoms with Crippen molar-refractivity contribution in [2.24, 2.45) is 0 Å².